The van der Waals surface area contributed by atoms with Gasteiger partial charge in [-0.05, 0) is 33.7 Å². The molecule has 2 nitrogen and oxygen atoms in total. The van der Waals surface area contributed by atoms with Crippen LogP contribution in [0.2, 0.25) is 0 Å². The largest absolute Gasteiger partial charge is 0.327 e. The quantitative estimate of drug-likeness (QED) is 0.618. The molecule has 0 fully saturated rings. The Labute approximate surface area is 83.5 Å². The van der Waals surface area contributed by atoms with E-state index in [1.54, 1.807) is 0 Å². The van der Waals surface area contributed by atoms with Crippen LogP contribution in [0.25, 0.3) is 0 Å². The molecule has 0 aliphatic heterocycles. The van der Waals surface area contributed by atoms with E-state index in [2.05, 4.69) is 32.6 Å². The van der Waals surface area contributed by atoms with Gasteiger partial charge in [-0.3, -0.25) is 4.90 Å². The molecule has 2 N–H and O–H groups in total. The molecule has 0 aromatic heterocycles. The zero-order valence-corrected chi connectivity index (χ0v) is 9.71. The van der Waals surface area contributed by atoms with Crippen LogP contribution < -0.4 is 5.73 Å². The van der Waals surface area contributed by atoms with Gasteiger partial charge in [0.1, 0.15) is 0 Å². The molecular weight excluding hydrogens is 160 g/mol. The van der Waals surface area contributed by atoms with Crippen molar-refractivity contribution in [3.63, 3.8) is 0 Å². The van der Waals surface area contributed by atoms with E-state index in [1.807, 2.05) is 0 Å². The lowest BCUT2D eigenvalue weighted by atomic mass is 10.2. The molecule has 0 saturated carbocycles. The van der Waals surface area contributed by atoms with E-state index in [0.29, 0.717) is 12.1 Å². The number of unbranched alkanes of at least 4 members (excludes halogenated alkanes) is 2. The average molecular weight is 186 g/mol. The lowest BCUT2D eigenvalue weighted by molar-refractivity contribution is 0.207. The Morgan fingerprint density at radius 2 is 1.77 bits per heavy atom. The van der Waals surface area contributed by atoms with Gasteiger partial charge in [0, 0.05) is 18.6 Å². The van der Waals surface area contributed by atoms with Crippen LogP contribution in [0.1, 0.15) is 47.0 Å². The minimum Gasteiger partial charge on any atom is -0.327 e. The Kier molecular flexibility index (Phi) is 7.29. The number of nitrogens with two attached hydrogens (primary N) is 1. The summed E-state index contributed by atoms with van der Waals surface area (Å²) in [7, 11) is 0. The van der Waals surface area contributed by atoms with Crippen LogP contribution in [-0.4, -0.2) is 30.1 Å². The molecule has 0 aromatic carbocycles. The van der Waals surface area contributed by atoms with E-state index >= 15 is 0 Å². The lowest BCUT2D eigenvalue weighted by Gasteiger charge is -2.27. The summed E-state index contributed by atoms with van der Waals surface area (Å²) in [6, 6.07) is 0.923. The monoisotopic (exact) mass is 186 g/mol. The molecule has 0 aromatic rings. The van der Waals surface area contributed by atoms with Crippen molar-refractivity contribution in [3.8, 4) is 0 Å². The topological polar surface area (TPSA) is 29.3 Å². The van der Waals surface area contributed by atoms with Crippen LogP contribution in [-0.2, 0) is 0 Å². The van der Waals surface area contributed by atoms with Gasteiger partial charge in [0.05, 0.1) is 0 Å². The van der Waals surface area contributed by atoms with Gasteiger partial charge in [-0.25, -0.2) is 0 Å². The second-order valence-electron chi connectivity index (χ2n) is 4.27. The second-order valence-corrected chi connectivity index (χ2v) is 4.27. The van der Waals surface area contributed by atoms with Crippen LogP contribution in [0.3, 0.4) is 0 Å². The molecule has 0 spiro atoms. The summed E-state index contributed by atoms with van der Waals surface area (Å²) in [5.74, 6) is 0. The normalized spacial score (nSPS) is 14.1. The minimum absolute atomic E-state index is 0.295. The fourth-order valence-corrected chi connectivity index (χ4v) is 1.50. The van der Waals surface area contributed by atoms with E-state index in [9.17, 15) is 0 Å². The molecule has 0 heterocycles. The maximum absolute atomic E-state index is 5.79. The Balaban J connectivity index is 3.67. The molecule has 0 aliphatic carbocycles. The molecule has 0 amide bonds. The van der Waals surface area contributed by atoms with E-state index in [0.717, 1.165) is 6.54 Å². The first-order valence-corrected chi connectivity index (χ1v) is 5.57. The molecule has 0 radical (unpaired) electrons. The van der Waals surface area contributed by atoms with Crippen LogP contribution in [0.5, 0.6) is 0 Å². The van der Waals surface area contributed by atoms with Crippen LogP contribution in [0.4, 0.5) is 0 Å². The molecule has 13 heavy (non-hydrogen) atoms. The van der Waals surface area contributed by atoms with Crippen molar-refractivity contribution in [1.29, 1.82) is 0 Å². The van der Waals surface area contributed by atoms with Crippen molar-refractivity contribution in [2.24, 2.45) is 5.73 Å². The van der Waals surface area contributed by atoms with Crippen molar-refractivity contribution < 1.29 is 0 Å². The van der Waals surface area contributed by atoms with Crippen LogP contribution in [0.15, 0.2) is 0 Å². The van der Waals surface area contributed by atoms with Crippen molar-refractivity contribution in [1.82, 2.24) is 4.90 Å². The van der Waals surface area contributed by atoms with E-state index in [4.69, 9.17) is 5.73 Å². The Morgan fingerprint density at radius 1 is 1.15 bits per heavy atom. The standard InChI is InChI=1S/C11H26N2/c1-5-6-7-8-13(10(2)3)9-11(4)12/h10-11H,5-9,12H2,1-4H3/t11-/m1/s1. The number of hydrogen-bond donors (Lipinski definition) is 1. The predicted octanol–water partition coefficient (Wildman–Crippen LogP) is 2.23. The van der Waals surface area contributed by atoms with Gasteiger partial charge in [-0.1, -0.05) is 19.8 Å². The zero-order chi connectivity index (χ0) is 10.3. The molecule has 1 atom stereocenters. The van der Waals surface area contributed by atoms with E-state index in [1.165, 1.54) is 25.8 Å². The summed E-state index contributed by atoms with van der Waals surface area (Å²) in [5, 5.41) is 0. The third kappa shape index (κ3) is 7.03. The molecule has 80 valence electrons. The average Bonchev–Trinajstić information content (AvgIpc) is 2.02. The van der Waals surface area contributed by atoms with Crippen LogP contribution in [0, 0.1) is 0 Å². The Hall–Kier alpha value is -0.0800. The number of rotatable bonds is 7. The van der Waals surface area contributed by atoms with Gasteiger partial charge in [0.25, 0.3) is 0 Å². The SMILES string of the molecule is CCCCCN(C[C@@H](C)N)C(C)C. The third-order valence-electron chi connectivity index (χ3n) is 2.30. The van der Waals surface area contributed by atoms with Crippen molar-refractivity contribution >= 4 is 0 Å². The fourth-order valence-electron chi connectivity index (χ4n) is 1.50. The number of hydrogen-bond acceptors (Lipinski definition) is 2. The van der Waals surface area contributed by atoms with Gasteiger partial charge in [-0.15, -0.1) is 0 Å². The highest BCUT2D eigenvalue weighted by Gasteiger charge is 2.09. The van der Waals surface area contributed by atoms with Crippen molar-refractivity contribution in [2.45, 2.75) is 59.0 Å². The summed E-state index contributed by atoms with van der Waals surface area (Å²) in [4.78, 5) is 2.47. The van der Waals surface area contributed by atoms with Gasteiger partial charge >= 0.3 is 0 Å². The summed E-state index contributed by atoms with van der Waals surface area (Å²) in [6.45, 7) is 11.0. The molecule has 2 heteroatoms. The molecule has 0 bridgehead atoms. The second kappa shape index (κ2) is 7.34. The molecular formula is C11H26N2. The molecule has 0 rings (SSSR count). The summed E-state index contributed by atoms with van der Waals surface area (Å²) in [6.07, 6.45) is 3.94. The van der Waals surface area contributed by atoms with Crippen LogP contribution >= 0.6 is 0 Å². The first-order valence-electron chi connectivity index (χ1n) is 5.57. The minimum atomic E-state index is 0.295. The highest BCUT2D eigenvalue weighted by molar-refractivity contribution is 4.67. The van der Waals surface area contributed by atoms with Gasteiger partial charge < -0.3 is 5.73 Å². The first kappa shape index (κ1) is 12.9. The van der Waals surface area contributed by atoms with Gasteiger partial charge in [0.15, 0.2) is 0 Å². The Bertz CT molecular complexity index is 111. The highest BCUT2D eigenvalue weighted by Crippen LogP contribution is 2.03. The summed E-state index contributed by atoms with van der Waals surface area (Å²) in [5.41, 5.74) is 5.79. The number of nitrogens with zero attached hydrogens (tertiary/aromatic N) is 1. The summed E-state index contributed by atoms with van der Waals surface area (Å²) >= 11 is 0. The third-order valence-corrected chi connectivity index (χ3v) is 2.30. The maximum Gasteiger partial charge on any atom is 0.0139 e. The molecule has 0 saturated heterocycles. The fraction of sp³-hybridized carbons (Fsp3) is 1.00. The lowest BCUT2D eigenvalue weighted by Crippen LogP contribution is -2.40. The molecule has 0 aliphatic rings. The van der Waals surface area contributed by atoms with Crippen molar-refractivity contribution in [2.75, 3.05) is 13.1 Å². The predicted molar refractivity (Wildman–Crippen MR) is 59.9 cm³/mol. The first-order chi connectivity index (χ1) is 6.07. The van der Waals surface area contributed by atoms with Gasteiger partial charge in [-0.2, -0.15) is 0 Å². The van der Waals surface area contributed by atoms with Crippen molar-refractivity contribution in [3.05, 3.63) is 0 Å². The van der Waals surface area contributed by atoms with E-state index < -0.39 is 0 Å². The van der Waals surface area contributed by atoms with Gasteiger partial charge in [0.2, 0.25) is 0 Å². The molecule has 0 unspecified atom stereocenters. The highest BCUT2D eigenvalue weighted by atomic mass is 15.2. The van der Waals surface area contributed by atoms with E-state index in [-0.39, 0.29) is 0 Å². The summed E-state index contributed by atoms with van der Waals surface area (Å²) < 4.78 is 0. The zero-order valence-electron chi connectivity index (χ0n) is 9.71. The smallest absolute Gasteiger partial charge is 0.0139 e. The maximum atomic E-state index is 5.79. The Morgan fingerprint density at radius 3 is 2.15 bits per heavy atom.